The first-order chi connectivity index (χ1) is 8.27. The van der Waals surface area contributed by atoms with Crippen LogP contribution in [0.25, 0.3) is 0 Å². The molecule has 1 amide bonds. The highest BCUT2D eigenvalue weighted by atomic mass is 16.4. The van der Waals surface area contributed by atoms with Gasteiger partial charge in [-0.2, -0.15) is 0 Å². The van der Waals surface area contributed by atoms with Gasteiger partial charge in [-0.25, -0.2) is 4.79 Å². The molecule has 0 heterocycles. The SMILES string of the molecule is CC(C)C[C@H](CN)CC(=O)N[C@H](C(=O)O)[C@@H](C)O. The molecule has 0 aromatic heterocycles. The van der Waals surface area contributed by atoms with E-state index < -0.39 is 18.1 Å². The Morgan fingerprint density at radius 1 is 1.28 bits per heavy atom. The molecule has 0 unspecified atom stereocenters. The van der Waals surface area contributed by atoms with E-state index >= 15 is 0 Å². The molecule has 5 N–H and O–H groups in total. The van der Waals surface area contributed by atoms with Crippen LogP contribution in [0.5, 0.6) is 0 Å². The van der Waals surface area contributed by atoms with Crippen molar-refractivity contribution in [1.29, 1.82) is 0 Å². The van der Waals surface area contributed by atoms with Gasteiger partial charge in [-0.1, -0.05) is 13.8 Å². The van der Waals surface area contributed by atoms with Gasteiger partial charge in [-0.15, -0.1) is 0 Å². The van der Waals surface area contributed by atoms with Crippen LogP contribution in [-0.4, -0.2) is 40.8 Å². The van der Waals surface area contributed by atoms with Crippen LogP contribution >= 0.6 is 0 Å². The smallest absolute Gasteiger partial charge is 0.328 e. The molecule has 0 saturated carbocycles. The van der Waals surface area contributed by atoms with Gasteiger partial charge in [0, 0.05) is 6.42 Å². The summed E-state index contributed by atoms with van der Waals surface area (Å²) >= 11 is 0. The maximum absolute atomic E-state index is 11.7. The number of carbonyl (C=O) groups excluding carboxylic acids is 1. The number of carboxylic acid groups (broad SMARTS) is 1. The predicted molar refractivity (Wildman–Crippen MR) is 67.9 cm³/mol. The molecule has 0 aromatic carbocycles. The molecule has 0 aliphatic heterocycles. The van der Waals surface area contributed by atoms with Gasteiger partial charge in [0.2, 0.25) is 5.91 Å². The maximum Gasteiger partial charge on any atom is 0.328 e. The van der Waals surface area contributed by atoms with Crippen molar-refractivity contribution in [1.82, 2.24) is 5.32 Å². The highest BCUT2D eigenvalue weighted by Gasteiger charge is 2.25. The minimum absolute atomic E-state index is 0.0356. The predicted octanol–water partition coefficient (Wildman–Crippen LogP) is -0.0523. The number of carbonyl (C=O) groups is 2. The fourth-order valence-electron chi connectivity index (χ4n) is 1.81. The van der Waals surface area contributed by atoms with E-state index in [1.807, 2.05) is 13.8 Å². The van der Waals surface area contributed by atoms with Crippen molar-refractivity contribution in [2.24, 2.45) is 17.6 Å². The Morgan fingerprint density at radius 3 is 2.17 bits per heavy atom. The Kier molecular flexibility index (Phi) is 7.54. The van der Waals surface area contributed by atoms with E-state index in [1.54, 1.807) is 0 Å². The zero-order valence-corrected chi connectivity index (χ0v) is 11.2. The van der Waals surface area contributed by atoms with Crippen LogP contribution in [0, 0.1) is 11.8 Å². The van der Waals surface area contributed by atoms with Gasteiger partial charge in [0.15, 0.2) is 6.04 Å². The third kappa shape index (κ3) is 6.56. The minimum Gasteiger partial charge on any atom is -0.480 e. The molecule has 3 atom stereocenters. The highest BCUT2D eigenvalue weighted by molar-refractivity contribution is 5.84. The summed E-state index contributed by atoms with van der Waals surface area (Å²) in [6.07, 6.45) is -0.130. The van der Waals surface area contributed by atoms with E-state index in [4.69, 9.17) is 10.8 Å². The maximum atomic E-state index is 11.7. The van der Waals surface area contributed by atoms with Crippen LogP contribution in [0.15, 0.2) is 0 Å². The van der Waals surface area contributed by atoms with Gasteiger partial charge in [0.05, 0.1) is 6.10 Å². The Labute approximate surface area is 108 Å². The molecule has 0 spiro atoms. The molecule has 0 aliphatic rings. The zero-order chi connectivity index (χ0) is 14.3. The second-order valence-electron chi connectivity index (χ2n) is 5.06. The summed E-state index contributed by atoms with van der Waals surface area (Å²) in [6.45, 7) is 5.79. The number of nitrogens with two attached hydrogens (primary N) is 1. The monoisotopic (exact) mass is 260 g/mol. The van der Waals surface area contributed by atoms with E-state index in [2.05, 4.69) is 5.32 Å². The van der Waals surface area contributed by atoms with Crippen LogP contribution in [0.4, 0.5) is 0 Å². The van der Waals surface area contributed by atoms with E-state index in [0.29, 0.717) is 12.5 Å². The van der Waals surface area contributed by atoms with Gasteiger partial charge in [0.25, 0.3) is 0 Å². The van der Waals surface area contributed by atoms with Crippen molar-refractivity contribution < 1.29 is 19.8 Å². The van der Waals surface area contributed by atoms with Gasteiger partial charge in [-0.3, -0.25) is 4.79 Å². The number of rotatable bonds is 8. The fourth-order valence-corrected chi connectivity index (χ4v) is 1.81. The van der Waals surface area contributed by atoms with E-state index in [-0.39, 0.29) is 18.2 Å². The number of aliphatic carboxylic acids is 1. The van der Waals surface area contributed by atoms with E-state index in [1.165, 1.54) is 6.92 Å². The molecule has 6 heteroatoms. The number of amides is 1. The second-order valence-corrected chi connectivity index (χ2v) is 5.06. The molecule has 0 aliphatic carbocycles. The normalized spacial score (nSPS) is 16.1. The molecule has 18 heavy (non-hydrogen) atoms. The first-order valence-electron chi connectivity index (χ1n) is 6.18. The second kappa shape index (κ2) is 8.05. The third-order valence-corrected chi connectivity index (χ3v) is 2.68. The van der Waals surface area contributed by atoms with Crippen molar-refractivity contribution in [3.8, 4) is 0 Å². The van der Waals surface area contributed by atoms with Crippen LogP contribution in [0.3, 0.4) is 0 Å². The summed E-state index contributed by atoms with van der Waals surface area (Å²) in [4.78, 5) is 22.5. The molecule has 0 aromatic rings. The quantitative estimate of drug-likeness (QED) is 0.488. The largest absolute Gasteiger partial charge is 0.480 e. The van der Waals surface area contributed by atoms with Crippen molar-refractivity contribution in [3.63, 3.8) is 0 Å². The number of aliphatic hydroxyl groups excluding tert-OH is 1. The molecule has 0 fully saturated rings. The molecule has 106 valence electrons. The van der Waals surface area contributed by atoms with Gasteiger partial charge in [0.1, 0.15) is 0 Å². The molecular weight excluding hydrogens is 236 g/mol. The molecule has 0 radical (unpaired) electrons. The fraction of sp³-hybridized carbons (Fsp3) is 0.833. The lowest BCUT2D eigenvalue weighted by Gasteiger charge is -2.20. The summed E-state index contributed by atoms with van der Waals surface area (Å²) in [7, 11) is 0. The summed E-state index contributed by atoms with van der Waals surface area (Å²) in [5.41, 5.74) is 5.57. The zero-order valence-electron chi connectivity index (χ0n) is 11.2. The summed E-state index contributed by atoms with van der Waals surface area (Å²) in [6, 6.07) is -1.27. The average Bonchev–Trinajstić information content (AvgIpc) is 2.23. The third-order valence-electron chi connectivity index (χ3n) is 2.68. The topological polar surface area (TPSA) is 113 Å². The lowest BCUT2D eigenvalue weighted by Crippen LogP contribution is -2.48. The van der Waals surface area contributed by atoms with E-state index in [9.17, 15) is 14.7 Å². The standard InChI is InChI=1S/C12H24N2O4/c1-7(2)4-9(6-13)5-10(16)14-11(8(3)15)12(17)18/h7-9,11,15H,4-6,13H2,1-3H3,(H,14,16)(H,17,18)/t8-,9+,11+/m1/s1. The number of hydrogen-bond acceptors (Lipinski definition) is 4. The van der Waals surface area contributed by atoms with Gasteiger partial charge < -0.3 is 21.3 Å². The van der Waals surface area contributed by atoms with Crippen molar-refractivity contribution in [3.05, 3.63) is 0 Å². The average molecular weight is 260 g/mol. The highest BCUT2D eigenvalue weighted by Crippen LogP contribution is 2.14. The van der Waals surface area contributed by atoms with Crippen LogP contribution < -0.4 is 11.1 Å². The molecule has 0 rings (SSSR count). The lowest BCUT2D eigenvalue weighted by molar-refractivity contribution is -0.144. The Morgan fingerprint density at radius 2 is 1.83 bits per heavy atom. The van der Waals surface area contributed by atoms with Crippen molar-refractivity contribution in [2.45, 2.75) is 45.8 Å². The number of hydrogen-bond donors (Lipinski definition) is 4. The van der Waals surface area contributed by atoms with Gasteiger partial charge >= 0.3 is 5.97 Å². The van der Waals surface area contributed by atoms with Crippen molar-refractivity contribution >= 4 is 11.9 Å². The Bertz CT molecular complexity index is 279. The Balaban J connectivity index is 4.34. The number of carboxylic acids is 1. The minimum atomic E-state index is -1.27. The summed E-state index contributed by atoms with van der Waals surface area (Å²) < 4.78 is 0. The summed E-state index contributed by atoms with van der Waals surface area (Å²) in [5.74, 6) is -1.17. The number of aliphatic hydroxyl groups is 1. The molecule has 0 saturated heterocycles. The summed E-state index contributed by atoms with van der Waals surface area (Å²) in [5, 5.41) is 20.4. The van der Waals surface area contributed by atoms with Crippen LogP contribution in [0.2, 0.25) is 0 Å². The first-order valence-corrected chi connectivity index (χ1v) is 6.18. The Hall–Kier alpha value is -1.14. The molecule has 6 nitrogen and oxygen atoms in total. The first kappa shape index (κ1) is 16.9. The van der Waals surface area contributed by atoms with Gasteiger partial charge in [-0.05, 0) is 31.7 Å². The van der Waals surface area contributed by atoms with Crippen molar-refractivity contribution in [2.75, 3.05) is 6.54 Å². The van der Waals surface area contributed by atoms with Crippen LogP contribution in [-0.2, 0) is 9.59 Å². The number of nitrogens with one attached hydrogen (secondary N) is 1. The molecule has 0 bridgehead atoms. The van der Waals surface area contributed by atoms with Crippen LogP contribution in [0.1, 0.15) is 33.6 Å². The van der Waals surface area contributed by atoms with E-state index in [0.717, 1.165) is 6.42 Å². The molecular formula is C12H24N2O4. The lowest BCUT2D eigenvalue weighted by atomic mass is 9.94.